The molecule has 0 saturated carbocycles. The van der Waals surface area contributed by atoms with E-state index in [1.165, 1.54) is 0 Å². The van der Waals surface area contributed by atoms with Crippen LogP contribution in [0.5, 0.6) is 0 Å². The minimum Gasteiger partial charge on any atom is -1.00 e. The number of rotatable bonds is 4. The molecule has 0 aromatic rings. The summed E-state index contributed by atoms with van der Waals surface area (Å²) in [5.74, 6) is 0. The molecule has 0 saturated heterocycles. The number of likely N-dealkylation sites (N-methyl/N-ethyl adjacent to an activating group) is 1. The van der Waals surface area contributed by atoms with Gasteiger partial charge < -0.3 is 16.9 Å². The van der Waals surface area contributed by atoms with Crippen molar-refractivity contribution in [3.63, 3.8) is 0 Å². The highest BCUT2D eigenvalue weighted by Gasteiger charge is 2.20. The van der Waals surface area contributed by atoms with Gasteiger partial charge in [0.2, 0.25) is 0 Å². The molecule has 11 heavy (non-hydrogen) atoms. The fourth-order valence-electron chi connectivity index (χ4n) is 0.962. The molecule has 2 nitrogen and oxygen atoms in total. The van der Waals surface area contributed by atoms with Gasteiger partial charge in [-0.2, -0.15) is 0 Å². The van der Waals surface area contributed by atoms with Crippen LogP contribution in [-0.4, -0.2) is 31.3 Å². The Morgan fingerprint density at radius 1 is 1.55 bits per heavy atom. The highest BCUT2D eigenvalue weighted by Crippen LogP contribution is 2.04. The van der Waals surface area contributed by atoms with E-state index >= 15 is 0 Å². The van der Waals surface area contributed by atoms with Crippen LogP contribution in [0.3, 0.4) is 0 Å². The van der Waals surface area contributed by atoms with Crippen LogP contribution in [0.1, 0.15) is 13.3 Å². The summed E-state index contributed by atoms with van der Waals surface area (Å²) >= 11 is 0. The molecule has 1 unspecified atom stereocenters. The van der Waals surface area contributed by atoms with Crippen molar-refractivity contribution in [2.75, 3.05) is 20.6 Å². The lowest BCUT2D eigenvalue weighted by Crippen LogP contribution is -3.00. The maximum atomic E-state index is 5.86. The van der Waals surface area contributed by atoms with Gasteiger partial charge in [0.25, 0.3) is 0 Å². The van der Waals surface area contributed by atoms with E-state index in [0.29, 0.717) is 0 Å². The average Bonchev–Trinajstić information content (AvgIpc) is 1.86. The number of nitrogens with two attached hydrogens (primary N) is 1. The van der Waals surface area contributed by atoms with Gasteiger partial charge in [0.1, 0.15) is 6.17 Å². The molecule has 0 bridgehead atoms. The van der Waals surface area contributed by atoms with Crippen molar-refractivity contribution in [3.05, 3.63) is 12.7 Å². The molecular formula is C8H19ClN2. The van der Waals surface area contributed by atoms with Crippen LogP contribution in [0.25, 0.3) is 0 Å². The Hall–Kier alpha value is -0.0500. The summed E-state index contributed by atoms with van der Waals surface area (Å²) in [4.78, 5) is 0. The predicted octanol–water partition coefficient (Wildman–Crippen LogP) is -2.05. The molecule has 0 aliphatic rings. The zero-order chi connectivity index (χ0) is 8.20. The maximum Gasteiger partial charge on any atom is 0.139 e. The topological polar surface area (TPSA) is 26.0 Å². The minimum absolute atomic E-state index is 0. The third kappa shape index (κ3) is 4.40. The minimum atomic E-state index is 0. The van der Waals surface area contributed by atoms with E-state index in [1.807, 2.05) is 6.08 Å². The van der Waals surface area contributed by atoms with Crippen LogP contribution >= 0.6 is 0 Å². The third-order valence-electron chi connectivity index (χ3n) is 1.92. The van der Waals surface area contributed by atoms with E-state index in [1.54, 1.807) is 0 Å². The highest BCUT2D eigenvalue weighted by atomic mass is 35.5. The van der Waals surface area contributed by atoms with Crippen molar-refractivity contribution in [3.8, 4) is 0 Å². The first-order chi connectivity index (χ1) is 4.54. The van der Waals surface area contributed by atoms with Crippen LogP contribution in [-0.2, 0) is 0 Å². The first-order valence-electron chi connectivity index (χ1n) is 3.73. The number of hydrogen-bond acceptors (Lipinski definition) is 1. The maximum absolute atomic E-state index is 5.86. The molecule has 68 valence electrons. The van der Waals surface area contributed by atoms with Gasteiger partial charge in [-0.15, -0.1) is 0 Å². The van der Waals surface area contributed by atoms with Gasteiger partial charge in [-0.05, 0) is 6.08 Å². The standard InChI is InChI=1S/C8H19N2.ClH/c1-5-7-10(3,4)8(9)6-2;/h5,8H,1,6-7,9H2,2-4H3;1H/q+1;/p-1. The Balaban J connectivity index is 0. The molecule has 0 amide bonds. The van der Waals surface area contributed by atoms with Crippen molar-refractivity contribution < 1.29 is 16.9 Å². The highest BCUT2D eigenvalue weighted by molar-refractivity contribution is 4.65. The lowest BCUT2D eigenvalue weighted by atomic mass is 10.3. The molecule has 3 heteroatoms. The molecule has 0 fully saturated rings. The molecule has 1 atom stereocenters. The van der Waals surface area contributed by atoms with Gasteiger partial charge in [-0.3, -0.25) is 5.73 Å². The predicted molar refractivity (Wildman–Crippen MR) is 45.4 cm³/mol. The molecule has 0 aromatic heterocycles. The number of quaternary nitrogens is 1. The fourth-order valence-corrected chi connectivity index (χ4v) is 0.962. The molecule has 0 rings (SSSR count). The average molecular weight is 179 g/mol. The second kappa shape index (κ2) is 5.58. The van der Waals surface area contributed by atoms with E-state index in [4.69, 9.17) is 5.73 Å². The zero-order valence-corrected chi connectivity index (χ0v) is 8.43. The van der Waals surface area contributed by atoms with Crippen molar-refractivity contribution in [1.82, 2.24) is 0 Å². The molecule has 2 N–H and O–H groups in total. The lowest BCUT2D eigenvalue weighted by Gasteiger charge is -2.34. The molecule has 0 heterocycles. The molecule has 0 aliphatic carbocycles. The Bertz CT molecular complexity index is 113. The van der Waals surface area contributed by atoms with Crippen LogP contribution in [0, 0.1) is 0 Å². The lowest BCUT2D eigenvalue weighted by molar-refractivity contribution is -0.909. The summed E-state index contributed by atoms with van der Waals surface area (Å²) in [7, 11) is 4.24. The van der Waals surface area contributed by atoms with Crippen LogP contribution in [0.15, 0.2) is 12.7 Å². The smallest absolute Gasteiger partial charge is 0.139 e. The normalized spacial score (nSPS) is 13.5. The summed E-state index contributed by atoms with van der Waals surface area (Å²) < 4.78 is 0.833. The van der Waals surface area contributed by atoms with Crippen molar-refractivity contribution in [2.24, 2.45) is 5.73 Å². The fraction of sp³-hybridized carbons (Fsp3) is 0.750. The monoisotopic (exact) mass is 178 g/mol. The second-order valence-electron chi connectivity index (χ2n) is 3.23. The third-order valence-corrected chi connectivity index (χ3v) is 1.92. The Kier molecular flexibility index (Phi) is 6.87. The first-order valence-corrected chi connectivity index (χ1v) is 3.73. The van der Waals surface area contributed by atoms with Gasteiger partial charge >= 0.3 is 0 Å². The number of hydrogen-bond donors (Lipinski definition) is 1. The van der Waals surface area contributed by atoms with E-state index in [-0.39, 0.29) is 18.6 Å². The summed E-state index contributed by atoms with van der Waals surface area (Å²) in [5, 5.41) is 0. The van der Waals surface area contributed by atoms with Crippen LogP contribution in [0.4, 0.5) is 0 Å². The molecule has 0 spiro atoms. The summed E-state index contributed by atoms with van der Waals surface area (Å²) in [6.45, 7) is 6.74. The largest absolute Gasteiger partial charge is 1.00 e. The summed E-state index contributed by atoms with van der Waals surface area (Å²) in [6, 6.07) is 0. The van der Waals surface area contributed by atoms with Crippen molar-refractivity contribution >= 4 is 0 Å². The zero-order valence-electron chi connectivity index (χ0n) is 7.68. The van der Waals surface area contributed by atoms with Gasteiger partial charge in [0.15, 0.2) is 0 Å². The van der Waals surface area contributed by atoms with E-state index in [0.717, 1.165) is 17.4 Å². The Labute approximate surface area is 76.1 Å². The first kappa shape index (κ1) is 13.5. The number of nitrogens with zero attached hydrogens (tertiary/aromatic N) is 1. The SMILES string of the molecule is C=CC[N+](C)(C)C(N)CC.[Cl-]. The van der Waals surface area contributed by atoms with Gasteiger partial charge in [0.05, 0.1) is 20.6 Å². The Morgan fingerprint density at radius 2 is 2.00 bits per heavy atom. The molecular weight excluding hydrogens is 160 g/mol. The van der Waals surface area contributed by atoms with Gasteiger partial charge in [-0.25, -0.2) is 0 Å². The van der Waals surface area contributed by atoms with Crippen LogP contribution in [0.2, 0.25) is 0 Å². The quantitative estimate of drug-likeness (QED) is 0.300. The van der Waals surface area contributed by atoms with Crippen molar-refractivity contribution in [2.45, 2.75) is 19.5 Å². The molecule has 0 aromatic carbocycles. The molecule has 0 radical (unpaired) electrons. The summed E-state index contributed by atoms with van der Waals surface area (Å²) in [6.07, 6.45) is 3.16. The van der Waals surface area contributed by atoms with Crippen LogP contribution < -0.4 is 18.1 Å². The van der Waals surface area contributed by atoms with E-state index < -0.39 is 0 Å². The Morgan fingerprint density at radius 3 is 2.27 bits per heavy atom. The van der Waals surface area contributed by atoms with E-state index in [9.17, 15) is 0 Å². The second-order valence-corrected chi connectivity index (χ2v) is 3.23. The summed E-state index contributed by atoms with van der Waals surface area (Å²) in [5.41, 5.74) is 5.86. The van der Waals surface area contributed by atoms with E-state index in [2.05, 4.69) is 27.6 Å². The van der Waals surface area contributed by atoms with Gasteiger partial charge in [0, 0.05) is 6.42 Å². The van der Waals surface area contributed by atoms with Gasteiger partial charge in [-0.1, -0.05) is 13.5 Å². The van der Waals surface area contributed by atoms with Crippen molar-refractivity contribution in [1.29, 1.82) is 0 Å². The molecule has 0 aliphatic heterocycles. The number of halogens is 1.